The average Bonchev–Trinajstić information content (AvgIpc) is 3.11. The number of carbonyl (C=O) groups excluding carboxylic acids is 1. The molecule has 32 heavy (non-hydrogen) atoms. The van der Waals surface area contributed by atoms with Crippen LogP contribution < -0.4 is 9.62 Å². The Morgan fingerprint density at radius 3 is 2.25 bits per heavy atom. The second-order valence-electron chi connectivity index (χ2n) is 8.31. The Balaban J connectivity index is 1.38. The molecule has 4 rings (SSSR count). The molecule has 0 aliphatic carbocycles. The molecule has 2 heterocycles. The molecule has 172 valence electrons. The van der Waals surface area contributed by atoms with Crippen LogP contribution in [0.25, 0.3) is 0 Å². The number of carbonyl (C=O) groups is 1. The predicted molar refractivity (Wildman–Crippen MR) is 123 cm³/mol. The highest BCUT2D eigenvalue weighted by Gasteiger charge is 2.31. The lowest BCUT2D eigenvalue weighted by Crippen LogP contribution is -2.49. The topological polar surface area (TPSA) is 104 Å². The summed E-state index contributed by atoms with van der Waals surface area (Å²) in [4.78, 5) is 17.0. The highest BCUT2D eigenvalue weighted by molar-refractivity contribution is 7.92. The number of amides is 1. The summed E-state index contributed by atoms with van der Waals surface area (Å²) in [6, 6.07) is 13.4. The van der Waals surface area contributed by atoms with Crippen LogP contribution in [0.2, 0.25) is 0 Å². The number of aryl methyl sites for hydroxylation is 1. The number of anilines is 1. The smallest absolute Gasteiger partial charge is 0.253 e. The highest BCUT2D eigenvalue weighted by atomic mass is 32.2. The number of nitrogens with zero attached hydrogens (tertiary/aromatic N) is 2. The molecule has 2 aliphatic rings. The van der Waals surface area contributed by atoms with Crippen molar-refractivity contribution in [1.82, 2.24) is 9.62 Å². The summed E-state index contributed by atoms with van der Waals surface area (Å²) < 4.78 is 50.7. The van der Waals surface area contributed by atoms with Gasteiger partial charge < -0.3 is 9.80 Å². The van der Waals surface area contributed by atoms with Crippen molar-refractivity contribution in [2.24, 2.45) is 0 Å². The molecular formula is C22H27N3O5S2. The molecule has 0 spiro atoms. The van der Waals surface area contributed by atoms with Crippen LogP contribution in [0.4, 0.5) is 5.69 Å². The van der Waals surface area contributed by atoms with Gasteiger partial charge in [0.25, 0.3) is 5.91 Å². The first kappa shape index (κ1) is 22.8. The zero-order valence-electron chi connectivity index (χ0n) is 17.9. The predicted octanol–water partition coefficient (Wildman–Crippen LogP) is 1.42. The number of benzene rings is 2. The maximum atomic E-state index is 12.9. The molecule has 0 bridgehead atoms. The summed E-state index contributed by atoms with van der Waals surface area (Å²) in [6.07, 6.45) is 0.270. The van der Waals surface area contributed by atoms with E-state index in [1.54, 1.807) is 4.90 Å². The van der Waals surface area contributed by atoms with Crippen molar-refractivity contribution in [3.05, 3.63) is 59.7 Å². The Morgan fingerprint density at radius 2 is 1.66 bits per heavy atom. The van der Waals surface area contributed by atoms with Crippen LogP contribution in [-0.2, 0) is 19.9 Å². The van der Waals surface area contributed by atoms with E-state index in [0.717, 1.165) is 13.1 Å². The Labute approximate surface area is 189 Å². The van der Waals surface area contributed by atoms with E-state index in [1.807, 2.05) is 12.1 Å². The Hall–Kier alpha value is -2.43. The molecule has 10 heteroatoms. The number of hydrogen-bond donors (Lipinski definition) is 1. The largest absolute Gasteiger partial charge is 0.368 e. The Bertz CT molecular complexity index is 1200. The van der Waals surface area contributed by atoms with E-state index in [9.17, 15) is 21.6 Å². The average molecular weight is 478 g/mol. The molecule has 0 aromatic heterocycles. The third-order valence-corrected chi connectivity index (χ3v) is 9.29. The van der Waals surface area contributed by atoms with Crippen molar-refractivity contribution in [1.29, 1.82) is 0 Å². The number of hydrogen-bond acceptors (Lipinski definition) is 6. The van der Waals surface area contributed by atoms with Gasteiger partial charge in [0, 0.05) is 43.5 Å². The number of nitrogens with one attached hydrogen (secondary N) is 1. The molecule has 0 unspecified atom stereocenters. The summed E-state index contributed by atoms with van der Waals surface area (Å²) in [7, 11) is -7.03. The standard InChI is InChI=1S/C22H27N3O5S2/c1-17-4-2-3-5-21(17)24-11-13-25(14-12-24)22(26)18-6-8-20(9-7-18)32(29,30)23-19-10-15-31(27,28)16-19/h2-9,19,23H,10-16H2,1H3/t19-/m1/s1. The monoisotopic (exact) mass is 477 g/mol. The Morgan fingerprint density at radius 1 is 1.00 bits per heavy atom. The second-order valence-corrected chi connectivity index (χ2v) is 12.3. The molecule has 0 radical (unpaired) electrons. The van der Waals surface area contributed by atoms with Gasteiger partial charge in [0.2, 0.25) is 10.0 Å². The van der Waals surface area contributed by atoms with Gasteiger partial charge in [-0.05, 0) is 49.2 Å². The molecule has 1 atom stereocenters. The van der Waals surface area contributed by atoms with Crippen molar-refractivity contribution >= 4 is 31.5 Å². The summed E-state index contributed by atoms with van der Waals surface area (Å²) >= 11 is 0. The zero-order chi connectivity index (χ0) is 22.9. The maximum Gasteiger partial charge on any atom is 0.253 e. The number of sulfonamides is 1. The van der Waals surface area contributed by atoms with Crippen molar-refractivity contribution < 1.29 is 21.6 Å². The fraction of sp³-hybridized carbons (Fsp3) is 0.409. The van der Waals surface area contributed by atoms with Crippen LogP contribution in [0, 0.1) is 6.92 Å². The first-order valence-corrected chi connectivity index (χ1v) is 13.9. The lowest BCUT2D eigenvalue weighted by molar-refractivity contribution is 0.0746. The quantitative estimate of drug-likeness (QED) is 0.699. The molecule has 2 saturated heterocycles. The number of sulfone groups is 1. The SMILES string of the molecule is Cc1ccccc1N1CCN(C(=O)c2ccc(S(=O)(=O)N[C@@H]3CCS(=O)(=O)C3)cc2)CC1. The van der Waals surface area contributed by atoms with Crippen molar-refractivity contribution in [2.45, 2.75) is 24.3 Å². The lowest BCUT2D eigenvalue weighted by Gasteiger charge is -2.36. The molecule has 2 fully saturated rings. The Kier molecular flexibility index (Phi) is 6.28. The summed E-state index contributed by atoms with van der Waals surface area (Å²) in [5.41, 5.74) is 2.81. The summed E-state index contributed by atoms with van der Waals surface area (Å²) in [5, 5.41) is 0. The maximum absolute atomic E-state index is 12.9. The fourth-order valence-electron chi connectivity index (χ4n) is 4.20. The van der Waals surface area contributed by atoms with Crippen molar-refractivity contribution in [3.63, 3.8) is 0 Å². The first-order chi connectivity index (χ1) is 15.1. The van der Waals surface area contributed by atoms with Crippen molar-refractivity contribution in [2.75, 3.05) is 42.6 Å². The highest BCUT2D eigenvalue weighted by Crippen LogP contribution is 2.22. The van der Waals surface area contributed by atoms with Gasteiger partial charge in [0.05, 0.1) is 16.4 Å². The molecule has 2 aliphatic heterocycles. The van der Waals surface area contributed by atoms with Gasteiger partial charge in [0.15, 0.2) is 9.84 Å². The molecule has 8 nitrogen and oxygen atoms in total. The van der Waals surface area contributed by atoms with Gasteiger partial charge in [-0.25, -0.2) is 21.6 Å². The van der Waals surface area contributed by atoms with Crippen molar-refractivity contribution in [3.8, 4) is 0 Å². The van der Waals surface area contributed by atoms with Gasteiger partial charge in [-0.3, -0.25) is 4.79 Å². The minimum Gasteiger partial charge on any atom is -0.368 e. The van der Waals surface area contributed by atoms with Gasteiger partial charge in [-0.2, -0.15) is 0 Å². The van der Waals surface area contributed by atoms with Crippen LogP contribution in [0.3, 0.4) is 0 Å². The summed E-state index contributed by atoms with van der Waals surface area (Å²) in [5.74, 6) is -0.324. The molecule has 1 N–H and O–H groups in total. The van der Waals surface area contributed by atoms with Crippen LogP contribution >= 0.6 is 0 Å². The zero-order valence-corrected chi connectivity index (χ0v) is 19.5. The lowest BCUT2D eigenvalue weighted by atomic mass is 10.1. The summed E-state index contributed by atoms with van der Waals surface area (Å²) in [6.45, 7) is 4.72. The van der Waals surface area contributed by atoms with Crippen LogP contribution in [-0.4, -0.2) is 71.4 Å². The molecule has 0 saturated carbocycles. The van der Waals surface area contributed by atoms with E-state index >= 15 is 0 Å². The van der Waals surface area contributed by atoms with E-state index in [-0.39, 0.29) is 28.7 Å². The van der Waals surface area contributed by atoms with E-state index < -0.39 is 25.9 Å². The fourth-order valence-corrected chi connectivity index (χ4v) is 7.25. The third kappa shape index (κ3) is 4.97. The number of piperazine rings is 1. The second kappa shape index (κ2) is 8.84. The van der Waals surface area contributed by atoms with Crippen LogP contribution in [0.5, 0.6) is 0 Å². The van der Waals surface area contributed by atoms with E-state index in [2.05, 4.69) is 28.7 Å². The number of rotatable bonds is 5. The van der Waals surface area contributed by atoms with E-state index in [4.69, 9.17) is 0 Å². The van der Waals surface area contributed by atoms with Gasteiger partial charge in [-0.15, -0.1) is 0 Å². The normalized spacial score (nSPS) is 21.0. The van der Waals surface area contributed by atoms with Crippen LogP contribution in [0.15, 0.2) is 53.4 Å². The first-order valence-electron chi connectivity index (χ1n) is 10.6. The molecule has 1 amide bonds. The van der Waals surface area contributed by atoms with Gasteiger partial charge in [0.1, 0.15) is 0 Å². The molecule has 2 aromatic carbocycles. The van der Waals surface area contributed by atoms with E-state index in [0.29, 0.717) is 18.7 Å². The van der Waals surface area contributed by atoms with E-state index in [1.165, 1.54) is 35.5 Å². The minimum atomic E-state index is -3.85. The van der Waals surface area contributed by atoms with Gasteiger partial charge >= 0.3 is 0 Å². The third-order valence-electron chi connectivity index (χ3n) is 5.99. The van der Waals surface area contributed by atoms with Crippen LogP contribution in [0.1, 0.15) is 22.3 Å². The molecular weight excluding hydrogens is 450 g/mol. The minimum absolute atomic E-state index is 0.00920. The molecule has 2 aromatic rings. The number of para-hydroxylation sites is 1. The van der Waals surface area contributed by atoms with Gasteiger partial charge in [-0.1, -0.05) is 18.2 Å².